The number of rotatable bonds is 5. The highest BCUT2D eigenvalue weighted by atomic mass is 32.2. The molecule has 1 aromatic carbocycles. The molecule has 19 heavy (non-hydrogen) atoms. The van der Waals surface area contributed by atoms with Gasteiger partial charge in [0.1, 0.15) is 5.82 Å². The fraction of sp³-hybridized carbons (Fsp3) is 0.538. The third-order valence-corrected chi connectivity index (χ3v) is 4.16. The Bertz CT molecular complexity index is 536. The van der Waals surface area contributed by atoms with E-state index in [9.17, 15) is 12.8 Å². The zero-order valence-corrected chi connectivity index (χ0v) is 12.6. The Kier molecular flexibility index (Phi) is 5.06. The second-order valence-electron chi connectivity index (χ2n) is 5.39. The van der Waals surface area contributed by atoms with Crippen molar-refractivity contribution in [1.29, 1.82) is 0 Å². The first kappa shape index (κ1) is 16.1. The molecule has 0 radical (unpaired) electrons. The number of benzene rings is 1. The molecule has 0 saturated carbocycles. The Morgan fingerprint density at radius 1 is 1.26 bits per heavy atom. The van der Waals surface area contributed by atoms with E-state index in [0.717, 1.165) is 6.07 Å². The number of sulfonamides is 1. The van der Waals surface area contributed by atoms with Crippen LogP contribution >= 0.6 is 0 Å². The van der Waals surface area contributed by atoms with Gasteiger partial charge in [-0.05, 0) is 45.0 Å². The fourth-order valence-electron chi connectivity index (χ4n) is 1.64. The molecule has 0 heterocycles. The van der Waals surface area contributed by atoms with E-state index >= 15 is 0 Å². The van der Waals surface area contributed by atoms with Crippen LogP contribution in [0.25, 0.3) is 0 Å². The Morgan fingerprint density at radius 2 is 1.89 bits per heavy atom. The van der Waals surface area contributed by atoms with Crippen LogP contribution in [0, 0.1) is 5.82 Å². The van der Waals surface area contributed by atoms with Crippen LogP contribution < -0.4 is 10.0 Å². The van der Waals surface area contributed by atoms with E-state index in [1.807, 2.05) is 6.92 Å². The number of nitrogens with one attached hydrogen (secondary N) is 2. The summed E-state index contributed by atoms with van der Waals surface area (Å²) in [6.07, 6.45) is 0. The summed E-state index contributed by atoms with van der Waals surface area (Å²) in [7, 11) is -3.73. The molecule has 0 aliphatic carbocycles. The van der Waals surface area contributed by atoms with Crippen LogP contribution in [0.1, 0.15) is 33.3 Å². The van der Waals surface area contributed by atoms with Crippen LogP contribution in [0.5, 0.6) is 0 Å². The molecule has 1 aromatic rings. The summed E-state index contributed by atoms with van der Waals surface area (Å²) < 4.78 is 40.4. The van der Waals surface area contributed by atoms with Gasteiger partial charge < -0.3 is 5.32 Å². The van der Waals surface area contributed by atoms with Crippen molar-refractivity contribution >= 4 is 10.0 Å². The molecule has 0 atom stereocenters. The monoisotopic (exact) mass is 288 g/mol. The highest BCUT2D eigenvalue weighted by molar-refractivity contribution is 7.89. The summed E-state index contributed by atoms with van der Waals surface area (Å²) >= 11 is 0. The van der Waals surface area contributed by atoms with Gasteiger partial charge in [0.2, 0.25) is 10.0 Å². The van der Waals surface area contributed by atoms with Crippen molar-refractivity contribution in [3.63, 3.8) is 0 Å². The molecule has 6 heteroatoms. The molecular weight excluding hydrogens is 267 g/mol. The maximum Gasteiger partial charge on any atom is 0.241 e. The molecule has 2 N–H and O–H groups in total. The first-order chi connectivity index (χ1) is 8.65. The Labute approximate surface area is 114 Å². The van der Waals surface area contributed by atoms with Crippen LogP contribution in [0.15, 0.2) is 23.1 Å². The molecule has 0 saturated heterocycles. The van der Waals surface area contributed by atoms with Gasteiger partial charge in [0.05, 0.1) is 4.90 Å². The first-order valence-electron chi connectivity index (χ1n) is 6.19. The van der Waals surface area contributed by atoms with Crippen molar-refractivity contribution in [3.8, 4) is 0 Å². The molecule has 0 bridgehead atoms. The molecule has 0 aliphatic heterocycles. The van der Waals surface area contributed by atoms with Crippen LogP contribution in [-0.2, 0) is 16.6 Å². The molecule has 0 fully saturated rings. The SMILES string of the molecule is CCNCc1ccc(F)cc1S(=O)(=O)NC(C)(C)C. The predicted molar refractivity (Wildman–Crippen MR) is 73.9 cm³/mol. The smallest absolute Gasteiger partial charge is 0.241 e. The maximum atomic E-state index is 13.3. The fourth-order valence-corrected chi connectivity index (χ4v) is 3.31. The summed E-state index contributed by atoms with van der Waals surface area (Å²) in [6, 6.07) is 3.82. The van der Waals surface area contributed by atoms with E-state index in [2.05, 4.69) is 10.0 Å². The second kappa shape index (κ2) is 5.98. The maximum absolute atomic E-state index is 13.3. The van der Waals surface area contributed by atoms with Gasteiger partial charge in [-0.3, -0.25) is 0 Å². The lowest BCUT2D eigenvalue weighted by molar-refractivity contribution is 0.490. The second-order valence-corrected chi connectivity index (χ2v) is 7.04. The van der Waals surface area contributed by atoms with Crippen molar-refractivity contribution in [3.05, 3.63) is 29.6 Å². The summed E-state index contributed by atoms with van der Waals surface area (Å²) in [5, 5.41) is 3.04. The van der Waals surface area contributed by atoms with Crippen molar-refractivity contribution in [2.45, 2.75) is 44.7 Å². The lowest BCUT2D eigenvalue weighted by Gasteiger charge is -2.21. The highest BCUT2D eigenvalue weighted by Crippen LogP contribution is 2.19. The summed E-state index contributed by atoms with van der Waals surface area (Å²) in [6.45, 7) is 8.25. The van der Waals surface area contributed by atoms with Gasteiger partial charge in [-0.15, -0.1) is 0 Å². The molecule has 0 aromatic heterocycles. The largest absolute Gasteiger partial charge is 0.313 e. The predicted octanol–water partition coefficient (Wildman–Crippen LogP) is 2.01. The van der Waals surface area contributed by atoms with Crippen molar-refractivity contribution in [1.82, 2.24) is 10.0 Å². The first-order valence-corrected chi connectivity index (χ1v) is 7.67. The molecule has 1 rings (SSSR count). The van der Waals surface area contributed by atoms with Gasteiger partial charge in [-0.25, -0.2) is 17.5 Å². The lowest BCUT2D eigenvalue weighted by atomic mass is 10.1. The summed E-state index contributed by atoms with van der Waals surface area (Å²) in [5.74, 6) is -0.561. The van der Waals surface area contributed by atoms with Gasteiger partial charge in [0, 0.05) is 12.1 Å². The Balaban J connectivity index is 3.20. The minimum atomic E-state index is -3.73. The molecule has 0 aliphatic rings. The van der Waals surface area contributed by atoms with Crippen LogP contribution in [0.2, 0.25) is 0 Å². The third-order valence-electron chi connectivity index (χ3n) is 2.32. The zero-order valence-electron chi connectivity index (χ0n) is 11.7. The molecule has 0 spiro atoms. The average Bonchev–Trinajstić information content (AvgIpc) is 2.24. The molecule has 108 valence electrons. The normalized spacial score (nSPS) is 12.7. The van der Waals surface area contributed by atoms with Gasteiger partial charge in [-0.1, -0.05) is 13.0 Å². The van der Waals surface area contributed by atoms with Gasteiger partial charge >= 0.3 is 0 Å². The van der Waals surface area contributed by atoms with E-state index in [-0.39, 0.29) is 4.90 Å². The van der Waals surface area contributed by atoms with E-state index in [1.54, 1.807) is 20.8 Å². The van der Waals surface area contributed by atoms with Crippen LogP contribution in [0.3, 0.4) is 0 Å². The average molecular weight is 288 g/mol. The third kappa shape index (κ3) is 4.89. The van der Waals surface area contributed by atoms with E-state index < -0.39 is 21.4 Å². The Morgan fingerprint density at radius 3 is 2.42 bits per heavy atom. The van der Waals surface area contributed by atoms with E-state index in [0.29, 0.717) is 18.7 Å². The zero-order chi connectivity index (χ0) is 14.7. The van der Waals surface area contributed by atoms with Crippen molar-refractivity contribution in [2.24, 2.45) is 0 Å². The molecule has 0 unspecified atom stereocenters. The quantitative estimate of drug-likeness (QED) is 0.871. The summed E-state index contributed by atoms with van der Waals surface area (Å²) in [4.78, 5) is -0.0108. The van der Waals surface area contributed by atoms with Crippen molar-refractivity contribution in [2.75, 3.05) is 6.54 Å². The molecule has 0 amide bonds. The van der Waals surface area contributed by atoms with E-state index in [4.69, 9.17) is 0 Å². The van der Waals surface area contributed by atoms with Crippen molar-refractivity contribution < 1.29 is 12.8 Å². The number of hydrogen-bond donors (Lipinski definition) is 2. The Hall–Kier alpha value is -0.980. The van der Waals surface area contributed by atoms with Crippen LogP contribution in [-0.4, -0.2) is 20.5 Å². The van der Waals surface area contributed by atoms with Gasteiger partial charge in [-0.2, -0.15) is 0 Å². The number of hydrogen-bond acceptors (Lipinski definition) is 3. The number of halogens is 1. The highest BCUT2D eigenvalue weighted by Gasteiger charge is 2.24. The van der Waals surface area contributed by atoms with Crippen LogP contribution in [0.4, 0.5) is 4.39 Å². The minimum Gasteiger partial charge on any atom is -0.313 e. The lowest BCUT2D eigenvalue weighted by Crippen LogP contribution is -2.41. The topological polar surface area (TPSA) is 58.2 Å². The van der Waals surface area contributed by atoms with Gasteiger partial charge in [0.15, 0.2) is 0 Å². The molecule has 4 nitrogen and oxygen atoms in total. The summed E-state index contributed by atoms with van der Waals surface area (Å²) in [5.41, 5.74) is -0.0550. The van der Waals surface area contributed by atoms with E-state index in [1.165, 1.54) is 12.1 Å². The van der Waals surface area contributed by atoms with Gasteiger partial charge in [0.25, 0.3) is 0 Å². The molecular formula is C13H21FN2O2S. The standard InChI is InChI=1S/C13H21FN2O2S/c1-5-15-9-10-6-7-11(14)8-12(10)19(17,18)16-13(2,3)4/h6-8,15-16H,5,9H2,1-4H3. The minimum absolute atomic E-state index is 0.0108.